The van der Waals surface area contributed by atoms with Crippen LogP contribution in [0.5, 0.6) is 0 Å². The molecule has 1 aromatic carbocycles. The number of fused-ring (bicyclic) bond motifs is 1. The molecule has 1 aromatic heterocycles. The third kappa shape index (κ3) is 3.83. The number of para-hydroxylation sites is 1. The highest BCUT2D eigenvalue weighted by Crippen LogP contribution is 2.28. The van der Waals surface area contributed by atoms with Gasteiger partial charge in [0.15, 0.2) is 0 Å². The van der Waals surface area contributed by atoms with Crippen molar-refractivity contribution in [3.63, 3.8) is 0 Å². The van der Waals surface area contributed by atoms with Gasteiger partial charge in [-0.1, -0.05) is 36.9 Å². The SMILES string of the molecule is CC1CCC(N(C)C(=O)CSc2ncnc3ccccc23)CC1. The Morgan fingerprint density at radius 3 is 2.74 bits per heavy atom. The second kappa shape index (κ2) is 7.30. The molecule has 0 N–H and O–H groups in total. The highest BCUT2D eigenvalue weighted by Gasteiger charge is 2.24. The molecule has 0 aliphatic heterocycles. The Labute approximate surface area is 141 Å². The maximum atomic E-state index is 12.5. The van der Waals surface area contributed by atoms with Gasteiger partial charge in [0, 0.05) is 18.5 Å². The normalized spacial score (nSPS) is 21.3. The Morgan fingerprint density at radius 2 is 1.96 bits per heavy atom. The van der Waals surface area contributed by atoms with Gasteiger partial charge in [-0.05, 0) is 37.7 Å². The molecule has 23 heavy (non-hydrogen) atoms. The van der Waals surface area contributed by atoms with Gasteiger partial charge in [0.2, 0.25) is 5.91 Å². The summed E-state index contributed by atoms with van der Waals surface area (Å²) in [5.41, 5.74) is 0.923. The summed E-state index contributed by atoms with van der Waals surface area (Å²) in [6.07, 6.45) is 6.29. The van der Waals surface area contributed by atoms with E-state index in [1.165, 1.54) is 24.6 Å². The average molecular weight is 329 g/mol. The Morgan fingerprint density at radius 1 is 1.22 bits per heavy atom. The van der Waals surface area contributed by atoms with Crippen molar-refractivity contribution >= 4 is 28.6 Å². The van der Waals surface area contributed by atoms with Crippen molar-refractivity contribution in [2.24, 2.45) is 5.92 Å². The van der Waals surface area contributed by atoms with Gasteiger partial charge in [-0.25, -0.2) is 9.97 Å². The minimum atomic E-state index is 0.192. The molecule has 3 rings (SSSR count). The van der Waals surface area contributed by atoms with Crippen molar-refractivity contribution in [3.05, 3.63) is 30.6 Å². The van der Waals surface area contributed by atoms with Crippen LogP contribution in [0.2, 0.25) is 0 Å². The van der Waals surface area contributed by atoms with Crippen LogP contribution >= 0.6 is 11.8 Å². The fraction of sp³-hybridized carbons (Fsp3) is 0.500. The van der Waals surface area contributed by atoms with Crippen molar-refractivity contribution in [1.82, 2.24) is 14.9 Å². The van der Waals surface area contributed by atoms with Gasteiger partial charge in [0.25, 0.3) is 0 Å². The van der Waals surface area contributed by atoms with Gasteiger partial charge in [-0.3, -0.25) is 4.79 Å². The molecule has 1 fully saturated rings. The molecule has 0 spiro atoms. The molecule has 1 amide bonds. The van der Waals surface area contributed by atoms with Crippen LogP contribution in [0.25, 0.3) is 10.9 Å². The van der Waals surface area contributed by atoms with E-state index in [0.29, 0.717) is 11.8 Å². The van der Waals surface area contributed by atoms with E-state index in [2.05, 4.69) is 16.9 Å². The summed E-state index contributed by atoms with van der Waals surface area (Å²) in [6.45, 7) is 2.30. The smallest absolute Gasteiger partial charge is 0.232 e. The molecule has 1 aliphatic rings. The fourth-order valence-corrected chi connectivity index (χ4v) is 4.07. The monoisotopic (exact) mass is 329 g/mol. The van der Waals surface area contributed by atoms with Crippen LogP contribution in [0.15, 0.2) is 35.6 Å². The number of rotatable bonds is 4. The molecule has 0 bridgehead atoms. The number of carbonyl (C=O) groups excluding carboxylic acids is 1. The summed E-state index contributed by atoms with van der Waals surface area (Å²) < 4.78 is 0. The summed E-state index contributed by atoms with van der Waals surface area (Å²) in [5, 5.41) is 1.90. The molecule has 0 atom stereocenters. The number of hydrogen-bond acceptors (Lipinski definition) is 4. The lowest BCUT2D eigenvalue weighted by Crippen LogP contribution is -2.40. The van der Waals surface area contributed by atoms with Crippen LogP contribution in [0.3, 0.4) is 0 Å². The van der Waals surface area contributed by atoms with Crippen LogP contribution in [0.1, 0.15) is 32.6 Å². The Bertz CT molecular complexity index is 678. The van der Waals surface area contributed by atoms with E-state index < -0.39 is 0 Å². The maximum absolute atomic E-state index is 12.5. The molecule has 1 saturated carbocycles. The number of benzene rings is 1. The highest BCUT2D eigenvalue weighted by atomic mass is 32.2. The first-order valence-electron chi connectivity index (χ1n) is 8.23. The standard InChI is InChI=1S/C18H23N3OS/c1-13-7-9-14(10-8-13)21(2)17(22)11-23-18-15-5-3-4-6-16(15)19-12-20-18/h3-6,12-14H,7-11H2,1-2H3. The average Bonchev–Trinajstić information content (AvgIpc) is 2.59. The second-order valence-electron chi connectivity index (χ2n) is 6.40. The fourth-order valence-electron chi connectivity index (χ4n) is 3.16. The zero-order valence-corrected chi connectivity index (χ0v) is 14.6. The predicted octanol–water partition coefficient (Wildman–Crippen LogP) is 3.76. The molecule has 0 unspecified atom stereocenters. The third-order valence-corrected chi connectivity index (χ3v) is 5.76. The number of carbonyl (C=O) groups is 1. The first-order valence-corrected chi connectivity index (χ1v) is 9.22. The van der Waals surface area contributed by atoms with Crippen molar-refractivity contribution in [2.75, 3.05) is 12.8 Å². The Kier molecular flexibility index (Phi) is 5.16. The molecule has 4 nitrogen and oxygen atoms in total. The van der Waals surface area contributed by atoms with E-state index in [4.69, 9.17) is 0 Å². The molecular formula is C18H23N3OS. The van der Waals surface area contributed by atoms with Gasteiger partial charge >= 0.3 is 0 Å². The summed E-state index contributed by atoms with van der Waals surface area (Å²) in [4.78, 5) is 23.0. The van der Waals surface area contributed by atoms with Crippen LogP contribution in [0.4, 0.5) is 0 Å². The zero-order chi connectivity index (χ0) is 16.2. The first kappa shape index (κ1) is 16.2. The topological polar surface area (TPSA) is 46.1 Å². The molecule has 5 heteroatoms. The number of amides is 1. The van der Waals surface area contributed by atoms with Crippen LogP contribution in [0, 0.1) is 5.92 Å². The summed E-state index contributed by atoms with van der Waals surface area (Å²) >= 11 is 1.51. The van der Waals surface area contributed by atoms with Crippen molar-refractivity contribution in [3.8, 4) is 0 Å². The lowest BCUT2D eigenvalue weighted by Gasteiger charge is -2.33. The molecule has 1 heterocycles. The second-order valence-corrected chi connectivity index (χ2v) is 7.37. The quantitative estimate of drug-likeness (QED) is 0.633. The zero-order valence-electron chi connectivity index (χ0n) is 13.7. The van der Waals surface area contributed by atoms with Gasteiger partial charge in [-0.15, -0.1) is 0 Å². The van der Waals surface area contributed by atoms with Crippen molar-refractivity contribution < 1.29 is 4.79 Å². The number of hydrogen-bond donors (Lipinski definition) is 0. The lowest BCUT2D eigenvalue weighted by molar-refractivity contribution is -0.129. The number of nitrogens with zero attached hydrogens (tertiary/aromatic N) is 3. The van der Waals surface area contributed by atoms with E-state index in [1.54, 1.807) is 6.33 Å². The molecular weight excluding hydrogens is 306 g/mol. The lowest BCUT2D eigenvalue weighted by atomic mass is 9.87. The molecule has 2 aromatic rings. The van der Waals surface area contributed by atoms with Crippen LogP contribution < -0.4 is 0 Å². The molecule has 0 radical (unpaired) electrons. The Balaban J connectivity index is 1.62. The minimum Gasteiger partial charge on any atom is -0.342 e. The van der Waals surface area contributed by atoms with E-state index in [-0.39, 0.29) is 5.91 Å². The highest BCUT2D eigenvalue weighted by molar-refractivity contribution is 8.00. The minimum absolute atomic E-state index is 0.192. The molecule has 1 aliphatic carbocycles. The van der Waals surface area contributed by atoms with Gasteiger partial charge in [-0.2, -0.15) is 0 Å². The summed E-state index contributed by atoms with van der Waals surface area (Å²) in [5.74, 6) is 1.43. The number of thioether (sulfide) groups is 1. The van der Waals surface area contributed by atoms with Crippen molar-refractivity contribution in [2.45, 2.75) is 43.7 Å². The van der Waals surface area contributed by atoms with E-state index >= 15 is 0 Å². The number of aromatic nitrogens is 2. The van der Waals surface area contributed by atoms with Gasteiger partial charge in [0.1, 0.15) is 11.4 Å². The van der Waals surface area contributed by atoms with E-state index in [9.17, 15) is 4.79 Å². The van der Waals surface area contributed by atoms with Gasteiger partial charge in [0.05, 0.1) is 11.3 Å². The molecule has 122 valence electrons. The van der Waals surface area contributed by atoms with E-state index in [1.807, 2.05) is 36.2 Å². The maximum Gasteiger partial charge on any atom is 0.232 e. The largest absolute Gasteiger partial charge is 0.342 e. The van der Waals surface area contributed by atoms with Crippen molar-refractivity contribution in [1.29, 1.82) is 0 Å². The summed E-state index contributed by atoms with van der Waals surface area (Å²) in [7, 11) is 1.95. The predicted molar refractivity (Wildman–Crippen MR) is 94.5 cm³/mol. The van der Waals surface area contributed by atoms with Gasteiger partial charge < -0.3 is 4.90 Å². The Hall–Kier alpha value is -1.62. The van der Waals surface area contributed by atoms with E-state index in [0.717, 1.165) is 34.7 Å². The molecule has 0 saturated heterocycles. The third-order valence-electron chi connectivity index (χ3n) is 4.77. The summed E-state index contributed by atoms with van der Waals surface area (Å²) in [6, 6.07) is 8.33. The van der Waals surface area contributed by atoms with Crippen LogP contribution in [-0.4, -0.2) is 39.6 Å². The van der Waals surface area contributed by atoms with Crippen LogP contribution in [-0.2, 0) is 4.79 Å². The first-order chi connectivity index (χ1) is 11.1.